The Morgan fingerprint density at radius 2 is 1.94 bits per heavy atom. The first-order valence-electron chi connectivity index (χ1n) is 5.74. The molecule has 0 bridgehead atoms. The molecule has 4 nitrogen and oxygen atoms in total. The van der Waals surface area contributed by atoms with Gasteiger partial charge in [-0.25, -0.2) is 13.1 Å². The Balaban J connectivity index is 2.74. The van der Waals surface area contributed by atoms with E-state index in [0.717, 1.165) is 13.0 Å². The maximum Gasteiger partial charge on any atom is 0.241 e. The minimum atomic E-state index is -3.45. The van der Waals surface area contributed by atoms with Crippen molar-refractivity contribution in [2.24, 2.45) is 0 Å². The first-order valence-corrected chi connectivity index (χ1v) is 8.02. The Morgan fingerprint density at radius 3 is 2.50 bits per heavy atom. The minimum absolute atomic E-state index is 0.0930. The highest BCUT2D eigenvalue weighted by Crippen LogP contribution is 2.21. The van der Waals surface area contributed by atoms with Crippen molar-refractivity contribution in [3.63, 3.8) is 0 Å². The van der Waals surface area contributed by atoms with Gasteiger partial charge < -0.3 is 4.90 Å². The standard InChI is InChI=1S/C12H19BrN2O2S/c1-10(8-9-15(2)3)14-18(16,17)12-7-5-4-6-11(12)13/h4-7,10,14H,8-9H2,1-3H3/t10-/m0/s1. The van der Waals surface area contributed by atoms with Crippen LogP contribution in [0.1, 0.15) is 13.3 Å². The summed E-state index contributed by atoms with van der Waals surface area (Å²) < 4.78 is 27.6. The Bertz CT molecular complexity index is 489. The van der Waals surface area contributed by atoms with E-state index in [1.807, 2.05) is 25.9 Å². The Kier molecular flexibility index (Phi) is 5.78. The summed E-state index contributed by atoms with van der Waals surface area (Å²) in [5.41, 5.74) is 0. The number of nitrogens with zero attached hydrogens (tertiary/aromatic N) is 1. The van der Waals surface area contributed by atoms with E-state index in [-0.39, 0.29) is 10.9 Å². The third-order valence-corrected chi connectivity index (χ3v) is 5.09. The summed E-state index contributed by atoms with van der Waals surface area (Å²) in [6.45, 7) is 2.72. The van der Waals surface area contributed by atoms with Crippen LogP contribution in [0.5, 0.6) is 0 Å². The molecule has 0 aliphatic carbocycles. The third kappa shape index (κ3) is 4.68. The lowest BCUT2D eigenvalue weighted by Crippen LogP contribution is -2.34. The fraction of sp³-hybridized carbons (Fsp3) is 0.500. The van der Waals surface area contributed by atoms with E-state index in [9.17, 15) is 8.42 Å². The molecule has 1 atom stereocenters. The first kappa shape index (κ1) is 15.6. The molecule has 0 saturated heterocycles. The summed E-state index contributed by atoms with van der Waals surface area (Å²) >= 11 is 3.26. The lowest BCUT2D eigenvalue weighted by Gasteiger charge is -2.17. The fourth-order valence-electron chi connectivity index (χ4n) is 1.50. The molecule has 0 fully saturated rings. The van der Waals surface area contributed by atoms with E-state index in [2.05, 4.69) is 20.7 Å². The van der Waals surface area contributed by atoms with Gasteiger partial charge in [0.05, 0.1) is 4.90 Å². The van der Waals surface area contributed by atoms with Crippen LogP contribution in [-0.2, 0) is 10.0 Å². The molecule has 1 N–H and O–H groups in total. The zero-order valence-electron chi connectivity index (χ0n) is 10.9. The second-order valence-corrected chi connectivity index (χ2v) is 7.08. The van der Waals surface area contributed by atoms with E-state index < -0.39 is 10.0 Å². The molecule has 6 heteroatoms. The molecule has 0 aliphatic heterocycles. The van der Waals surface area contributed by atoms with Crippen LogP contribution < -0.4 is 4.72 Å². The van der Waals surface area contributed by atoms with Crippen LogP contribution >= 0.6 is 15.9 Å². The highest BCUT2D eigenvalue weighted by Gasteiger charge is 2.19. The lowest BCUT2D eigenvalue weighted by molar-refractivity contribution is 0.379. The Labute approximate surface area is 118 Å². The fourth-order valence-corrected chi connectivity index (χ4v) is 3.78. The van der Waals surface area contributed by atoms with E-state index in [1.54, 1.807) is 24.3 Å². The van der Waals surface area contributed by atoms with Crippen molar-refractivity contribution in [3.05, 3.63) is 28.7 Å². The molecule has 0 amide bonds. The number of hydrogen-bond donors (Lipinski definition) is 1. The number of halogens is 1. The van der Waals surface area contributed by atoms with Crippen LogP contribution in [0.2, 0.25) is 0 Å². The average molecular weight is 335 g/mol. The molecule has 0 aromatic heterocycles. The zero-order valence-corrected chi connectivity index (χ0v) is 13.3. The van der Waals surface area contributed by atoms with Crippen molar-refractivity contribution in [1.29, 1.82) is 0 Å². The van der Waals surface area contributed by atoms with Crippen LogP contribution in [0.15, 0.2) is 33.6 Å². The van der Waals surface area contributed by atoms with Gasteiger partial charge in [0.1, 0.15) is 0 Å². The van der Waals surface area contributed by atoms with Gasteiger partial charge in [-0.2, -0.15) is 0 Å². The van der Waals surface area contributed by atoms with Crippen molar-refractivity contribution in [1.82, 2.24) is 9.62 Å². The zero-order chi connectivity index (χ0) is 13.8. The molecule has 1 aromatic rings. The molecular weight excluding hydrogens is 316 g/mol. The number of sulfonamides is 1. The van der Waals surface area contributed by atoms with Gasteiger partial charge >= 0.3 is 0 Å². The van der Waals surface area contributed by atoms with Crippen LogP contribution in [-0.4, -0.2) is 40.0 Å². The van der Waals surface area contributed by atoms with Gasteiger partial charge in [0.25, 0.3) is 0 Å². The molecule has 0 aliphatic rings. The third-order valence-electron chi connectivity index (χ3n) is 2.49. The maximum atomic E-state index is 12.2. The summed E-state index contributed by atoms with van der Waals surface area (Å²) in [6, 6.07) is 6.72. The van der Waals surface area contributed by atoms with E-state index in [0.29, 0.717) is 4.47 Å². The van der Waals surface area contributed by atoms with Gasteiger partial charge in [-0.1, -0.05) is 12.1 Å². The number of rotatable bonds is 6. The molecule has 1 aromatic carbocycles. The van der Waals surface area contributed by atoms with Gasteiger partial charge in [-0.15, -0.1) is 0 Å². The average Bonchev–Trinajstić information content (AvgIpc) is 2.26. The summed E-state index contributed by atoms with van der Waals surface area (Å²) in [4.78, 5) is 2.31. The Hall–Kier alpha value is -0.430. The number of benzene rings is 1. The monoisotopic (exact) mass is 334 g/mol. The van der Waals surface area contributed by atoms with E-state index in [1.165, 1.54) is 0 Å². The van der Waals surface area contributed by atoms with Crippen molar-refractivity contribution >= 4 is 26.0 Å². The summed E-state index contributed by atoms with van der Waals surface area (Å²) in [6.07, 6.45) is 0.774. The van der Waals surface area contributed by atoms with Gasteiger partial charge in [0.2, 0.25) is 10.0 Å². The van der Waals surface area contributed by atoms with Crippen molar-refractivity contribution in [2.75, 3.05) is 20.6 Å². The molecule has 0 unspecified atom stereocenters. The van der Waals surface area contributed by atoms with Gasteiger partial charge in [-0.3, -0.25) is 0 Å². The first-order chi connectivity index (χ1) is 8.33. The highest BCUT2D eigenvalue weighted by atomic mass is 79.9. The van der Waals surface area contributed by atoms with Crippen LogP contribution in [0.3, 0.4) is 0 Å². The smallest absolute Gasteiger partial charge is 0.241 e. The largest absolute Gasteiger partial charge is 0.309 e. The van der Waals surface area contributed by atoms with E-state index in [4.69, 9.17) is 0 Å². The second-order valence-electron chi connectivity index (χ2n) is 4.54. The number of nitrogens with one attached hydrogen (secondary N) is 1. The summed E-state index contributed by atoms with van der Waals surface area (Å²) in [5, 5.41) is 0. The molecule has 18 heavy (non-hydrogen) atoms. The van der Waals surface area contributed by atoms with Crippen LogP contribution in [0.25, 0.3) is 0 Å². The Morgan fingerprint density at radius 1 is 1.33 bits per heavy atom. The topological polar surface area (TPSA) is 49.4 Å². The van der Waals surface area contributed by atoms with Crippen molar-refractivity contribution in [3.8, 4) is 0 Å². The second kappa shape index (κ2) is 6.65. The predicted octanol–water partition coefficient (Wildman–Crippen LogP) is 2.07. The minimum Gasteiger partial charge on any atom is -0.309 e. The quantitative estimate of drug-likeness (QED) is 0.866. The highest BCUT2D eigenvalue weighted by molar-refractivity contribution is 9.10. The summed E-state index contributed by atoms with van der Waals surface area (Å²) in [7, 11) is 0.481. The SMILES string of the molecule is C[C@@H](CCN(C)C)NS(=O)(=O)c1ccccc1Br. The van der Waals surface area contributed by atoms with Crippen LogP contribution in [0, 0.1) is 0 Å². The normalized spacial score (nSPS) is 13.8. The molecule has 1 rings (SSSR count). The molecule has 0 heterocycles. The van der Waals surface area contributed by atoms with Gasteiger partial charge in [-0.05, 0) is 62.0 Å². The summed E-state index contributed by atoms with van der Waals surface area (Å²) in [5.74, 6) is 0. The van der Waals surface area contributed by atoms with Crippen molar-refractivity contribution in [2.45, 2.75) is 24.3 Å². The molecule has 0 radical (unpaired) electrons. The molecular formula is C12H19BrN2O2S. The van der Waals surface area contributed by atoms with Crippen molar-refractivity contribution < 1.29 is 8.42 Å². The lowest BCUT2D eigenvalue weighted by atomic mass is 10.2. The van der Waals surface area contributed by atoms with Crippen LogP contribution in [0.4, 0.5) is 0 Å². The molecule has 0 spiro atoms. The maximum absolute atomic E-state index is 12.2. The number of hydrogen-bond acceptors (Lipinski definition) is 3. The van der Waals surface area contributed by atoms with Gasteiger partial charge in [0.15, 0.2) is 0 Å². The van der Waals surface area contributed by atoms with E-state index >= 15 is 0 Å². The predicted molar refractivity (Wildman–Crippen MR) is 77.1 cm³/mol. The van der Waals surface area contributed by atoms with Gasteiger partial charge in [0, 0.05) is 10.5 Å². The molecule has 102 valence electrons. The molecule has 0 saturated carbocycles.